The van der Waals surface area contributed by atoms with Gasteiger partial charge in [0.1, 0.15) is 12.1 Å². The summed E-state index contributed by atoms with van der Waals surface area (Å²) in [6.45, 7) is 1.95. The maximum absolute atomic E-state index is 11.4. The lowest BCUT2D eigenvalue weighted by molar-refractivity contribution is 0.0696. The van der Waals surface area contributed by atoms with E-state index in [1.807, 2.05) is 36.6 Å². The van der Waals surface area contributed by atoms with Crippen LogP contribution in [-0.4, -0.2) is 27.1 Å². The van der Waals surface area contributed by atoms with E-state index in [1.54, 1.807) is 23.7 Å². The molecule has 6 heteroatoms. The average Bonchev–Trinajstić information content (AvgIpc) is 3.30. The highest BCUT2D eigenvalue weighted by atomic mass is 32.1. The number of hydrogen-bond acceptors (Lipinski definition) is 5. The number of carboxylic acid groups (broad SMARTS) is 1. The second-order valence-corrected chi connectivity index (χ2v) is 7.12. The molecule has 0 atom stereocenters. The summed E-state index contributed by atoms with van der Waals surface area (Å²) >= 11 is 1.60. The number of aryl methyl sites for hydroxylation is 1. The number of nitrogens with zero attached hydrogens (tertiary/aromatic N) is 2. The molecule has 1 fully saturated rings. The number of hydrogen-bond donors (Lipinski definition) is 2. The Balaban J connectivity index is 1.70. The molecule has 2 aromatic heterocycles. The smallest absolute Gasteiger partial charge is 0.336 e. The van der Waals surface area contributed by atoms with E-state index in [1.165, 1.54) is 12.8 Å². The van der Waals surface area contributed by atoms with Crippen LogP contribution in [0.5, 0.6) is 0 Å². The van der Waals surface area contributed by atoms with E-state index >= 15 is 0 Å². The maximum Gasteiger partial charge on any atom is 0.336 e. The molecule has 0 bridgehead atoms. The lowest BCUT2D eigenvalue weighted by atomic mass is 10.0. The van der Waals surface area contributed by atoms with Crippen LogP contribution < -0.4 is 5.32 Å². The van der Waals surface area contributed by atoms with Gasteiger partial charge in [-0.25, -0.2) is 14.8 Å². The van der Waals surface area contributed by atoms with Gasteiger partial charge in [0, 0.05) is 17.0 Å². The Bertz CT molecular complexity index is 989. The van der Waals surface area contributed by atoms with Crippen LogP contribution in [0, 0.1) is 6.92 Å². The minimum Gasteiger partial charge on any atom is -0.478 e. The van der Waals surface area contributed by atoms with Crippen molar-refractivity contribution in [1.29, 1.82) is 0 Å². The first-order valence-corrected chi connectivity index (χ1v) is 9.00. The molecule has 0 unspecified atom stereocenters. The van der Waals surface area contributed by atoms with Gasteiger partial charge in [0.25, 0.3) is 0 Å². The number of thiophene rings is 1. The average molecular weight is 351 g/mol. The van der Waals surface area contributed by atoms with Crippen molar-refractivity contribution >= 4 is 45.5 Å². The van der Waals surface area contributed by atoms with Crippen molar-refractivity contribution in [3.8, 4) is 0 Å². The number of fused-ring (bicyclic) bond motifs is 1. The van der Waals surface area contributed by atoms with Crippen molar-refractivity contribution in [1.82, 2.24) is 9.97 Å². The Morgan fingerprint density at radius 3 is 2.84 bits per heavy atom. The molecule has 0 aliphatic heterocycles. The molecule has 0 radical (unpaired) electrons. The summed E-state index contributed by atoms with van der Waals surface area (Å²) in [4.78, 5) is 20.2. The fraction of sp³-hybridized carbons (Fsp3) is 0.211. The molecule has 0 saturated heterocycles. The number of anilines is 1. The third kappa shape index (κ3) is 3.25. The molecule has 2 N–H and O–H groups in total. The number of rotatable bonds is 5. The highest BCUT2D eigenvalue weighted by Crippen LogP contribution is 2.33. The number of carbonyl (C=O) groups is 1. The monoisotopic (exact) mass is 351 g/mol. The summed E-state index contributed by atoms with van der Waals surface area (Å²) < 4.78 is 1.04. The zero-order chi connectivity index (χ0) is 17.4. The molecule has 5 nitrogen and oxygen atoms in total. The van der Waals surface area contributed by atoms with Crippen molar-refractivity contribution in [2.24, 2.45) is 0 Å². The van der Waals surface area contributed by atoms with Crippen LogP contribution in [-0.2, 0) is 0 Å². The third-order valence-electron chi connectivity index (χ3n) is 4.18. The number of carboxylic acids is 1. The Morgan fingerprint density at radius 2 is 2.08 bits per heavy atom. The van der Waals surface area contributed by atoms with Crippen LogP contribution in [0.2, 0.25) is 0 Å². The van der Waals surface area contributed by atoms with Crippen LogP contribution in [0.25, 0.3) is 22.4 Å². The molecule has 25 heavy (non-hydrogen) atoms. The highest BCUT2D eigenvalue weighted by molar-refractivity contribution is 7.18. The van der Waals surface area contributed by atoms with E-state index in [-0.39, 0.29) is 0 Å². The van der Waals surface area contributed by atoms with Crippen molar-refractivity contribution in [3.05, 3.63) is 52.2 Å². The van der Waals surface area contributed by atoms with E-state index in [9.17, 15) is 9.90 Å². The molecular formula is C19H17N3O2S. The normalized spacial score (nSPS) is 14.3. The first kappa shape index (κ1) is 15.8. The van der Waals surface area contributed by atoms with Gasteiger partial charge in [0.15, 0.2) is 0 Å². The summed E-state index contributed by atoms with van der Waals surface area (Å²) in [6.07, 6.45) is 7.72. The zero-order valence-corrected chi connectivity index (χ0v) is 14.5. The van der Waals surface area contributed by atoms with E-state index in [4.69, 9.17) is 0 Å². The van der Waals surface area contributed by atoms with E-state index < -0.39 is 5.97 Å². The van der Waals surface area contributed by atoms with Crippen molar-refractivity contribution in [2.75, 3.05) is 5.32 Å². The largest absolute Gasteiger partial charge is 0.478 e. The van der Waals surface area contributed by atoms with Gasteiger partial charge in [-0.2, -0.15) is 0 Å². The molecular weight excluding hydrogens is 334 g/mol. The molecule has 1 aliphatic carbocycles. The molecule has 2 heterocycles. The lowest BCUT2D eigenvalue weighted by Crippen LogP contribution is -2.03. The predicted molar refractivity (Wildman–Crippen MR) is 101 cm³/mol. The topological polar surface area (TPSA) is 75.1 Å². The van der Waals surface area contributed by atoms with E-state index in [2.05, 4.69) is 15.3 Å². The Hall–Kier alpha value is -2.73. The molecule has 4 rings (SSSR count). The van der Waals surface area contributed by atoms with Gasteiger partial charge in [-0.05, 0) is 31.4 Å². The molecule has 126 valence electrons. The van der Waals surface area contributed by atoms with Crippen molar-refractivity contribution in [3.63, 3.8) is 0 Å². The summed E-state index contributed by atoms with van der Waals surface area (Å²) in [5.41, 5.74) is 3.88. The molecule has 0 spiro atoms. The molecule has 1 aromatic carbocycles. The fourth-order valence-corrected chi connectivity index (χ4v) is 3.65. The standard InChI is InChI=1S/C19H17N3O2S/c1-11-2-7-15(19(23)24)12(8-11)3-4-13-9-25-17-16(13)20-10-21-18(17)22-14-5-6-14/h2-4,7-10,14H,5-6H2,1H3,(H,23,24)(H,20,21,22). The fourth-order valence-electron chi connectivity index (χ4n) is 2.71. The number of benzene rings is 1. The van der Waals surface area contributed by atoms with Gasteiger partial charge in [-0.15, -0.1) is 11.3 Å². The Morgan fingerprint density at radius 1 is 1.28 bits per heavy atom. The van der Waals surface area contributed by atoms with Crippen LogP contribution in [0.1, 0.15) is 39.9 Å². The molecule has 3 aromatic rings. The summed E-state index contributed by atoms with van der Waals surface area (Å²) in [5.74, 6) is -0.0352. The maximum atomic E-state index is 11.4. The van der Waals surface area contributed by atoms with Crippen molar-refractivity contribution < 1.29 is 9.90 Å². The van der Waals surface area contributed by atoms with Gasteiger partial charge in [0.05, 0.1) is 15.8 Å². The second-order valence-electron chi connectivity index (χ2n) is 6.24. The van der Waals surface area contributed by atoms with Gasteiger partial charge >= 0.3 is 5.97 Å². The van der Waals surface area contributed by atoms with E-state index in [0.29, 0.717) is 17.2 Å². The van der Waals surface area contributed by atoms with Gasteiger partial charge in [-0.1, -0.05) is 29.8 Å². The quantitative estimate of drug-likeness (QED) is 0.711. The van der Waals surface area contributed by atoms with Gasteiger partial charge < -0.3 is 10.4 Å². The van der Waals surface area contributed by atoms with Crippen LogP contribution in [0.3, 0.4) is 0 Å². The highest BCUT2D eigenvalue weighted by Gasteiger charge is 2.22. The first-order chi connectivity index (χ1) is 12.1. The first-order valence-electron chi connectivity index (χ1n) is 8.12. The van der Waals surface area contributed by atoms with Gasteiger partial charge in [0.2, 0.25) is 0 Å². The molecule has 1 saturated carbocycles. The van der Waals surface area contributed by atoms with Crippen LogP contribution >= 0.6 is 11.3 Å². The second kappa shape index (κ2) is 6.29. The summed E-state index contributed by atoms with van der Waals surface area (Å²) in [7, 11) is 0. The molecule has 0 amide bonds. The minimum absolute atomic E-state index is 0.298. The summed E-state index contributed by atoms with van der Waals surface area (Å²) in [5, 5.41) is 14.8. The third-order valence-corrected chi connectivity index (χ3v) is 5.17. The zero-order valence-electron chi connectivity index (χ0n) is 13.7. The number of nitrogens with one attached hydrogen (secondary N) is 1. The van der Waals surface area contributed by atoms with Gasteiger partial charge in [-0.3, -0.25) is 0 Å². The van der Waals surface area contributed by atoms with Crippen LogP contribution in [0.4, 0.5) is 5.82 Å². The Labute approximate surface area is 149 Å². The minimum atomic E-state index is -0.923. The lowest BCUT2D eigenvalue weighted by Gasteiger charge is -2.04. The van der Waals surface area contributed by atoms with E-state index in [0.717, 1.165) is 27.2 Å². The SMILES string of the molecule is Cc1ccc(C(=O)O)c(C=Cc2csc3c(NC4CC4)ncnc23)c1. The summed E-state index contributed by atoms with van der Waals surface area (Å²) in [6, 6.07) is 5.86. The number of aromatic carboxylic acids is 1. The Kier molecular flexibility index (Phi) is 3.97. The molecule has 1 aliphatic rings. The van der Waals surface area contributed by atoms with Crippen molar-refractivity contribution in [2.45, 2.75) is 25.8 Å². The van der Waals surface area contributed by atoms with Crippen LogP contribution in [0.15, 0.2) is 29.9 Å². The predicted octanol–water partition coefficient (Wildman–Crippen LogP) is 4.44. The number of aromatic nitrogens is 2.